The number of ketones is 1. The van der Waals surface area contributed by atoms with Crippen LogP contribution in [0.3, 0.4) is 0 Å². The van der Waals surface area contributed by atoms with E-state index in [1.165, 1.54) is 23.1 Å². The molecule has 2 aromatic rings. The van der Waals surface area contributed by atoms with Crippen LogP contribution in [-0.2, 0) is 0 Å². The molecule has 0 bridgehead atoms. The van der Waals surface area contributed by atoms with Gasteiger partial charge < -0.3 is 0 Å². The molecular weight excluding hydrogens is 234 g/mol. The molecule has 0 unspecified atom stereocenters. The fourth-order valence-corrected chi connectivity index (χ4v) is 3.19. The number of thioether (sulfide) groups is 1. The van der Waals surface area contributed by atoms with Gasteiger partial charge in [-0.1, -0.05) is 17.8 Å². The Hall–Kier alpha value is -0.650. The average molecular weight is 241 g/mol. The van der Waals surface area contributed by atoms with Crippen molar-refractivity contribution >= 4 is 40.2 Å². The number of carbonyl (C=O) groups is 1. The quantitative estimate of drug-likeness (QED) is 0.608. The molecule has 0 spiro atoms. The molecule has 72 valence electrons. The van der Waals surface area contributed by atoms with Gasteiger partial charge in [0.05, 0.1) is 10.6 Å². The Morgan fingerprint density at radius 3 is 3.00 bits per heavy atom. The van der Waals surface area contributed by atoms with Crippen molar-refractivity contribution in [1.29, 1.82) is 0 Å². The molecule has 14 heavy (non-hydrogen) atoms. The van der Waals surface area contributed by atoms with Gasteiger partial charge in [0.15, 0.2) is 5.78 Å². The van der Waals surface area contributed by atoms with E-state index in [0.29, 0.717) is 5.75 Å². The predicted octanol–water partition coefficient (Wildman–Crippen LogP) is 3.18. The number of hydrogen-bond acceptors (Lipinski definition) is 5. The Morgan fingerprint density at radius 1 is 1.43 bits per heavy atom. The highest BCUT2D eigenvalue weighted by atomic mass is 32.2. The molecule has 2 rings (SSSR count). The zero-order valence-electron chi connectivity index (χ0n) is 7.17. The van der Waals surface area contributed by atoms with Gasteiger partial charge in [-0.05, 0) is 11.4 Å². The van der Waals surface area contributed by atoms with Crippen LogP contribution in [0.25, 0.3) is 0 Å². The molecule has 0 saturated heterocycles. The van der Waals surface area contributed by atoms with Gasteiger partial charge >= 0.3 is 0 Å². The van der Waals surface area contributed by atoms with Crippen molar-refractivity contribution in [3.63, 3.8) is 0 Å². The van der Waals surface area contributed by atoms with Gasteiger partial charge in [-0.3, -0.25) is 4.79 Å². The number of hydrogen-bond donors (Lipinski definition) is 0. The van der Waals surface area contributed by atoms with Crippen molar-refractivity contribution in [2.24, 2.45) is 0 Å². The smallest absolute Gasteiger partial charge is 0.183 e. The zero-order valence-corrected chi connectivity index (χ0v) is 9.62. The molecule has 2 aromatic heterocycles. The molecule has 0 aliphatic carbocycles. The van der Waals surface area contributed by atoms with Crippen molar-refractivity contribution in [1.82, 2.24) is 4.98 Å². The molecule has 0 atom stereocenters. The van der Waals surface area contributed by atoms with Crippen LogP contribution in [0.15, 0.2) is 33.4 Å². The van der Waals surface area contributed by atoms with Gasteiger partial charge in [-0.25, -0.2) is 4.98 Å². The lowest BCUT2D eigenvalue weighted by Crippen LogP contribution is -1.98. The van der Waals surface area contributed by atoms with E-state index in [1.54, 1.807) is 17.5 Å². The maximum atomic E-state index is 11.6. The van der Waals surface area contributed by atoms with E-state index < -0.39 is 0 Å². The third kappa shape index (κ3) is 2.43. The van der Waals surface area contributed by atoms with Crippen molar-refractivity contribution in [2.75, 3.05) is 5.75 Å². The van der Waals surface area contributed by atoms with Crippen molar-refractivity contribution in [3.8, 4) is 0 Å². The lowest BCUT2D eigenvalue weighted by Gasteiger charge is -1.94. The van der Waals surface area contributed by atoms with Gasteiger partial charge in [0.25, 0.3) is 0 Å². The highest BCUT2D eigenvalue weighted by Crippen LogP contribution is 2.22. The summed E-state index contributed by atoms with van der Waals surface area (Å²) in [7, 11) is 0. The Morgan fingerprint density at radius 2 is 2.36 bits per heavy atom. The third-order valence-electron chi connectivity index (χ3n) is 1.53. The Bertz CT molecular complexity index is 394. The maximum absolute atomic E-state index is 11.6. The number of carbonyl (C=O) groups excluding carboxylic acids is 1. The minimum absolute atomic E-state index is 0.181. The second kappa shape index (κ2) is 4.72. The van der Waals surface area contributed by atoms with Gasteiger partial charge in [-0.15, -0.1) is 22.7 Å². The monoisotopic (exact) mass is 241 g/mol. The van der Waals surface area contributed by atoms with Crippen molar-refractivity contribution in [2.45, 2.75) is 4.34 Å². The van der Waals surface area contributed by atoms with Crippen LogP contribution in [0.4, 0.5) is 0 Å². The summed E-state index contributed by atoms with van der Waals surface area (Å²) in [6.45, 7) is 0. The number of nitrogens with zero attached hydrogens (tertiary/aromatic N) is 1. The second-order valence-corrected chi connectivity index (χ2v) is 5.55. The lowest BCUT2D eigenvalue weighted by molar-refractivity contribution is 0.102. The maximum Gasteiger partial charge on any atom is 0.183 e. The second-order valence-electron chi connectivity index (χ2n) is 2.49. The summed E-state index contributed by atoms with van der Waals surface area (Å²) in [6, 6.07) is 3.75. The van der Waals surface area contributed by atoms with Gasteiger partial charge in [-0.2, -0.15) is 0 Å². The van der Waals surface area contributed by atoms with Crippen LogP contribution in [-0.4, -0.2) is 16.5 Å². The number of thiazole rings is 1. The van der Waals surface area contributed by atoms with E-state index >= 15 is 0 Å². The van der Waals surface area contributed by atoms with Crippen LogP contribution >= 0.6 is 34.4 Å². The van der Waals surface area contributed by atoms with E-state index in [9.17, 15) is 4.79 Å². The van der Waals surface area contributed by atoms with Gasteiger partial charge in [0, 0.05) is 11.6 Å². The summed E-state index contributed by atoms with van der Waals surface area (Å²) in [5, 5.41) is 3.83. The molecule has 0 aromatic carbocycles. The largest absolute Gasteiger partial charge is 0.292 e. The normalized spacial score (nSPS) is 10.3. The third-order valence-corrected chi connectivity index (χ3v) is 4.41. The van der Waals surface area contributed by atoms with Crippen LogP contribution < -0.4 is 0 Å². The summed E-state index contributed by atoms with van der Waals surface area (Å²) in [6.07, 6.45) is 1.75. The van der Waals surface area contributed by atoms with E-state index in [4.69, 9.17) is 0 Å². The molecule has 2 heterocycles. The summed E-state index contributed by atoms with van der Waals surface area (Å²) in [5.41, 5.74) is 0. The van der Waals surface area contributed by atoms with Crippen LogP contribution in [0.1, 0.15) is 9.67 Å². The SMILES string of the molecule is O=C(CSc1nccs1)c1cccs1. The molecule has 0 N–H and O–H groups in total. The minimum atomic E-state index is 0.181. The number of Topliss-reactive ketones (excluding diaryl/α,β-unsaturated/α-hetero) is 1. The summed E-state index contributed by atoms with van der Waals surface area (Å²) >= 11 is 4.55. The topological polar surface area (TPSA) is 30.0 Å². The summed E-state index contributed by atoms with van der Waals surface area (Å²) in [4.78, 5) is 16.5. The molecule has 0 fully saturated rings. The Labute approximate surface area is 94.0 Å². The molecule has 0 radical (unpaired) electrons. The molecule has 2 nitrogen and oxygen atoms in total. The average Bonchev–Trinajstić information content (AvgIpc) is 2.87. The zero-order chi connectivity index (χ0) is 9.80. The van der Waals surface area contributed by atoms with Crippen molar-refractivity contribution in [3.05, 3.63) is 34.0 Å². The Kier molecular flexibility index (Phi) is 3.34. The highest BCUT2D eigenvalue weighted by Gasteiger charge is 2.07. The number of aromatic nitrogens is 1. The van der Waals surface area contributed by atoms with Crippen molar-refractivity contribution < 1.29 is 4.79 Å². The first-order chi connectivity index (χ1) is 6.86. The molecule has 0 saturated carbocycles. The lowest BCUT2D eigenvalue weighted by atomic mass is 10.4. The van der Waals surface area contributed by atoms with Gasteiger partial charge in [0.2, 0.25) is 0 Å². The number of rotatable bonds is 4. The first kappa shape index (κ1) is 9.89. The standard InChI is InChI=1S/C9H7NOS3/c11-7(8-2-1-4-12-8)6-14-9-10-3-5-13-9/h1-5H,6H2. The van der Waals surface area contributed by atoms with E-state index in [-0.39, 0.29) is 5.78 Å². The molecule has 5 heteroatoms. The summed E-state index contributed by atoms with van der Waals surface area (Å²) in [5.74, 6) is 0.661. The minimum Gasteiger partial charge on any atom is -0.292 e. The highest BCUT2D eigenvalue weighted by molar-refractivity contribution is 8.01. The number of thiophene rings is 1. The first-order valence-corrected chi connectivity index (χ1v) is 6.70. The summed E-state index contributed by atoms with van der Waals surface area (Å²) < 4.78 is 0.954. The fourth-order valence-electron chi connectivity index (χ4n) is 0.917. The first-order valence-electron chi connectivity index (χ1n) is 3.95. The van der Waals surface area contributed by atoms with E-state index in [1.807, 2.05) is 22.9 Å². The van der Waals surface area contributed by atoms with E-state index in [2.05, 4.69) is 4.98 Å². The molecular formula is C9H7NOS3. The van der Waals surface area contributed by atoms with Crippen LogP contribution in [0, 0.1) is 0 Å². The molecule has 0 aliphatic heterocycles. The Balaban J connectivity index is 1.90. The van der Waals surface area contributed by atoms with Crippen LogP contribution in [0.5, 0.6) is 0 Å². The van der Waals surface area contributed by atoms with Crippen LogP contribution in [0.2, 0.25) is 0 Å². The molecule has 0 amide bonds. The van der Waals surface area contributed by atoms with Gasteiger partial charge in [0.1, 0.15) is 4.34 Å². The van der Waals surface area contributed by atoms with E-state index in [0.717, 1.165) is 9.22 Å². The fraction of sp³-hybridized carbons (Fsp3) is 0.111. The predicted molar refractivity (Wildman–Crippen MR) is 61.5 cm³/mol. The molecule has 0 aliphatic rings.